The predicted octanol–water partition coefficient (Wildman–Crippen LogP) is 2.40. The van der Waals surface area contributed by atoms with Gasteiger partial charge in [-0.3, -0.25) is 10.1 Å². The van der Waals surface area contributed by atoms with Crippen LogP contribution in [0.15, 0.2) is 53.4 Å². The predicted molar refractivity (Wildman–Crippen MR) is 118 cm³/mol. The van der Waals surface area contributed by atoms with Crippen molar-refractivity contribution in [2.75, 3.05) is 38.5 Å². The number of rotatable bonds is 4. The molecule has 0 unspecified atom stereocenters. The van der Waals surface area contributed by atoms with E-state index in [1.807, 2.05) is 7.05 Å². The number of hydrogen-bond acceptors (Lipinski definition) is 5. The van der Waals surface area contributed by atoms with Crippen LogP contribution in [0.1, 0.15) is 10.4 Å². The van der Waals surface area contributed by atoms with Crippen LogP contribution in [0.3, 0.4) is 0 Å². The van der Waals surface area contributed by atoms with E-state index in [4.69, 9.17) is 23.8 Å². The number of anilines is 1. The lowest BCUT2D eigenvalue weighted by molar-refractivity contribution is 0.0978. The maximum Gasteiger partial charge on any atom is 0.258 e. The van der Waals surface area contributed by atoms with Gasteiger partial charge in [-0.25, -0.2) is 8.42 Å². The van der Waals surface area contributed by atoms with Crippen molar-refractivity contribution in [2.45, 2.75) is 4.90 Å². The number of thiocarbonyl (C=S) groups is 1. The summed E-state index contributed by atoms with van der Waals surface area (Å²) in [4.78, 5) is 14.6. The first kappa shape index (κ1) is 21.7. The number of piperazine rings is 1. The lowest BCUT2D eigenvalue weighted by Gasteiger charge is -2.31. The quantitative estimate of drug-likeness (QED) is 0.693. The van der Waals surface area contributed by atoms with Crippen LogP contribution in [0, 0.1) is 0 Å². The number of nitrogens with zero attached hydrogens (tertiary/aromatic N) is 2. The molecule has 1 saturated heterocycles. The van der Waals surface area contributed by atoms with E-state index >= 15 is 0 Å². The summed E-state index contributed by atoms with van der Waals surface area (Å²) in [5.74, 6) is -0.428. The smallest absolute Gasteiger partial charge is 0.258 e. The molecule has 1 aliphatic heterocycles. The summed E-state index contributed by atoms with van der Waals surface area (Å²) in [5, 5.41) is 5.83. The Kier molecular flexibility index (Phi) is 6.86. The van der Waals surface area contributed by atoms with Crippen molar-refractivity contribution in [3.63, 3.8) is 0 Å². The van der Waals surface area contributed by atoms with Crippen LogP contribution in [0.25, 0.3) is 0 Å². The Bertz CT molecular complexity index is 1000. The second-order valence-electron chi connectivity index (χ2n) is 6.62. The van der Waals surface area contributed by atoms with Crippen LogP contribution in [0.2, 0.25) is 5.02 Å². The molecule has 2 aromatic rings. The van der Waals surface area contributed by atoms with Crippen LogP contribution in [-0.4, -0.2) is 61.9 Å². The molecule has 10 heteroatoms. The number of nitrogens with one attached hydrogen (secondary N) is 2. The second kappa shape index (κ2) is 9.19. The van der Waals surface area contributed by atoms with Crippen molar-refractivity contribution in [1.29, 1.82) is 0 Å². The number of likely N-dealkylation sites (N-methyl/N-ethyl adjacent to an activating group) is 1. The Balaban J connectivity index is 1.62. The molecular formula is C19H21ClN4O3S2. The average molecular weight is 453 g/mol. The lowest BCUT2D eigenvalue weighted by Crippen LogP contribution is -2.46. The van der Waals surface area contributed by atoms with Gasteiger partial charge < -0.3 is 10.2 Å². The van der Waals surface area contributed by atoms with Crippen molar-refractivity contribution in [2.24, 2.45) is 0 Å². The second-order valence-corrected chi connectivity index (χ2v) is 9.37. The number of hydrogen-bond donors (Lipinski definition) is 2. The van der Waals surface area contributed by atoms with E-state index in [9.17, 15) is 13.2 Å². The molecule has 1 heterocycles. The minimum atomic E-state index is -3.53. The third kappa shape index (κ3) is 5.31. The highest BCUT2D eigenvalue weighted by Crippen LogP contribution is 2.20. The van der Waals surface area contributed by atoms with Gasteiger partial charge in [0.15, 0.2) is 5.11 Å². The summed E-state index contributed by atoms with van der Waals surface area (Å²) in [6.07, 6.45) is 0. The van der Waals surface area contributed by atoms with Gasteiger partial charge in [0.1, 0.15) is 0 Å². The van der Waals surface area contributed by atoms with E-state index < -0.39 is 15.9 Å². The summed E-state index contributed by atoms with van der Waals surface area (Å²) in [7, 11) is -1.56. The van der Waals surface area contributed by atoms with Crippen LogP contribution in [-0.2, 0) is 10.0 Å². The molecule has 1 amide bonds. The fraction of sp³-hybridized carbons (Fsp3) is 0.263. The van der Waals surface area contributed by atoms with Crippen LogP contribution in [0.4, 0.5) is 5.69 Å². The Morgan fingerprint density at radius 2 is 1.66 bits per heavy atom. The zero-order chi connectivity index (χ0) is 21.0. The maximum absolute atomic E-state index is 12.8. The molecule has 0 aliphatic carbocycles. The van der Waals surface area contributed by atoms with Crippen molar-refractivity contribution in [3.05, 3.63) is 59.1 Å². The SMILES string of the molecule is CN1CCN(S(=O)(=O)c2ccc(NC(=S)NC(=O)c3ccccc3Cl)cc2)CC1. The molecular weight excluding hydrogens is 432 g/mol. The third-order valence-corrected chi connectivity index (χ3v) is 7.00. The van der Waals surface area contributed by atoms with Gasteiger partial charge in [-0.05, 0) is 55.7 Å². The highest BCUT2D eigenvalue weighted by molar-refractivity contribution is 7.89. The van der Waals surface area contributed by atoms with E-state index in [1.165, 1.54) is 16.4 Å². The summed E-state index contributed by atoms with van der Waals surface area (Å²) in [5.41, 5.74) is 0.874. The third-order valence-electron chi connectivity index (χ3n) is 4.56. The molecule has 154 valence electrons. The summed E-state index contributed by atoms with van der Waals surface area (Å²) in [6.45, 7) is 2.35. The topological polar surface area (TPSA) is 81.8 Å². The van der Waals surface area contributed by atoms with Gasteiger partial charge in [0.25, 0.3) is 5.91 Å². The number of benzene rings is 2. The molecule has 0 saturated carbocycles. The zero-order valence-corrected chi connectivity index (χ0v) is 18.1. The molecule has 3 rings (SSSR count). The molecule has 29 heavy (non-hydrogen) atoms. The van der Waals surface area contributed by atoms with Crippen LogP contribution in [0.5, 0.6) is 0 Å². The van der Waals surface area contributed by atoms with Crippen molar-refractivity contribution >= 4 is 50.5 Å². The number of carbonyl (C=O) groups is 1. The van der Waals surface area contributed by atoms with Crippen LogP contribution >= 0.6 is 23.8 Å². The van der Waals surface area contributed by atoms with Gasteiger partial charge >= 0.3 is 0 Å². The van der Waals surface area contributed by atoms with Gasteiger partial charge in [-0.2, -0.15) is 4.31 Å². The number of carbonyl (C=O) groups excluding carboxylic acids is 1. The Morgan fingerprint density at radius 3 is 2.28 bits per heavy atom. The van der Waals surface area contributed by atoms with Crippen molar-refractivity contribution in [3.8, 4) is 0 Å². The minimum Gasteiger partial charge on any atom is -0.332 e. The Labute approximate surface area is 180 Å². The first-order valence-electron chi connectivity index (χ1n) is 8.93. The first-order valence-corrected chi connectivity index (χ1v) is 11.2. The molecule has 0 radical (unpaired) electrons. The molecule has 0 atom stereocenters. The van der Waals surface area contributed by atoms with Crippen molar-refractivity contribution in [1.82, 2.24) is 14.5 Å². The van der Waals surface area contributed by atoms with Gasteiger partial charge in [0, 0.05) is 31.9 Å². The molecule has 2 N–H and O–H groups in total. The highest BCUT2D eigenvalue weighted by atomic mass is 35.5. The van der Waals surface area contributed by atoms with E-state index in [0.29, 0.717) is 42.5 Å². The van der Waals surface area contributed by atoms with Gasteiger partial charge in [-0.15, -0.1) is 0 Å². The highest BCUT2D eigenvalue weighted by Gasteiger charge is 2.27. The molecule has 1 fully saturated rings. The first-order chi connectivity index (χ1) is 13.8. The Hall–Kier alpha value is -2.04. The maximum atomic E-state index is 12.8. The molecule has 7 nitrogen and oxygen atoms in total. The van der Waals surface area contributed by atoms with Crippen molar-refractivity contribution < 1.29 is 13.2 Å². The lowest BCUT2D eigenvalue weighted by atomic mass is 10.2. The van der Waals surface area contributed by atoms with Gasteiger partial charge in [0.05, 0.1) is 15.5 Å². The summed E-state index contributed by atoms with van der Waals surface area (Å²) >= 11 is 11.2. The van der Waals surface area contributed by atoms with Gasteiger partial charge in [0.2, 0.25) is 10.0 Å². The molecule has 2 aromatic carbocycles. The normalized spacial score (nSPS) is 15.7. The average Bonchev–Trinajstić information content (AvgIpc) is 2.69. The van der Waals surface area contributed by atoms with E-state index in [2.05, 4.69) is 15.5 Å². The van der Waals surface area contributed by atoms with E-state index in [1.54, 1.807) is 36.4 Å². The molecule has 0 bridgehead atoms. The summed E-state index contributed by atoms with van der Waals surface area (Å²) < 4.78 is 27.0. The zero-order valence-electron chi connectivity index (χ0n) is 15.8. The number of amides is 1. The van der Waals surface area contributed by atoms with Crippen LogP contribution < -0.4 is 10.6 Å². The number of halogens is 1. The monoisotopic (exact) mass is 452 g/mol. The fourth-order valence-corrected chi connectivity index (χ4v) is 4.72. The molecule has 0 spiro atoms. The minimum absolute atomic E-state index is 0.0876. The van der Waals surface area contributed by atoms with E-state index in [0.717, 1.165) is 0 Å². The number of sulfonamides is 1. The standard InChI is InChI=1S/C19H21ClN4O3S2/c1-23-10-12-24(13-11-23)29(26,27)15-8-6-14(7-9-15)21-19(28)22-18(25)16-4-2-3-5-17(16)20/h2-9H,10-13H2,1H3,(H2,21,22,25,28). The molecule has 0 aromatic heterocycles. The molecule has 1 aliphatic rings. The Morgan fingerprint density at radius 1 is 1.03 bits per heavy atom. The largest absolute Gasteiger partial charge is 0.332 e. The van der Waals surface area contributed by atoms with E-state index in [-0.39, 0.29) is 10.0 Å². The van der Waals surface area contributed by atoms with Gasteiger partial charge in [-0.1, -0.05) is 23.7 Å². The fourth-order valence-electron chi connectivity index (χ4n) is 2.87. The summed E-state index contributed by atoms with van der Waals surface area (Å²) in [6, 6.07) is 12.9.